The summed E-state index contributed by atoms with van der Waals surface area (Å²) in [4.78, 5) is 17.1. The number of amides is 1. The molecule has 0 radical (unpaired) electrons. The largest absolute Gasteiger partial charge is 0.497 e. The molecule has 0 bridgehead atoms. The molecule has 2 fully saturated rings. The van der Waals surface area contributed by atoms with E-state index < -0.39 is 23.9 Å². The van der Waals surface area contributed by atoms with Crippen molar-refractivity contribution in [2.75, 3.05) is 25.5 Å². The number of aliphatic hydroxyl groups excluding tert-OH is 2. The standard InChI is InChI=1S/C24H31N3O4/c1-17(28)21(22(29)25-19-9-11-20(31-2)12-10-19)27-14-6-13-24(27)16-26(23(24)30)15-18-7-4-3-5-8-18/h3-5,7-12,17,21-22,25,28-29H,6,13-16H2,1-2H3. The van der Waals surface area contributed by atoms with Gasteiger partial charge in [0.1, 0.15) is 17.5 Å². The van der Waals surface area contributed by atoms with E-state index in [9.17, 15) is 15.0 Å². The van der Waals surface area contributed by atoms with Gasteiger partial charge >= 0.3 is 0 Å². The topological polar surface area (TPSA) is 85.3 Å². The van der Waals surface area contributed by atoms with E-state index in [0.29, 0.717) is 19.6 Å². The average Bonchev–Trinajstić information content (AvgIpc) is 3.20. The molecule has 4 unspecified atom stereocenters. The van der Waals surface area contributed by atoms with Crippen LogP contribution in [0.25, 0.3) is 0 Å². The van der Waals surface area contributed by atoms with E-state index in [2.05, 4.69) is 5.32 Å². The van der Waals surface area contributed by atoms with Gasteiger partial charge in [-0.2, -0.15) is 0 Å². The Bertz CT molecular complexity index is 889. The van der Waals surface area contributed by atoms with Gasteiger partial charge in [0.25, 0.3) is 0 Å². The monoisotopic (exact) mass is 425 g/mol. The second kappa shape index (κ2) is 8.86. The Balaban J connectivity index is 1.47. The molecule has 166 valence electrons. The molecule has 31 heavy (non-hydrogen) atoms. The SMILES string of the molecule is COc1ccc(NC(O)C(C(C)O)N2CCCC23CN(Cc2ccccc2)C3=O)cc1. The fourth-order valence-corrected chi connectivity index (χ4v) is 4.96. The molecule has 4 rings (SSSR count). The van der Waals surface area contributed by atoms with Crippen LogP contribution in [0.2, 0.25) is 0 Å². The maximum Gasteiger partial charge on any atom is 0.245 e. The van der Waals surface area contributed by atoms with Crippen molar-refractivity contribution >= 4 is 11.6 Å². The molecule has 0 aliphatic carbocycles. The summed E-state index contributed by atoms with van der Waals surface area (Å²) in [7, 11) is 1.60. The molecule has 2 saturated heterocycles. The number of hydrogen-bond donors (Lipinski definition) is 3. The highest BCUT2D eigenvalue weighted by atomic mass is 16.5. The molecule has 2 aromatic carbocycles. The molecule has 0 aromatic heterocycles. The van der Waals surface area contributed by atoms with Gasteiger partial charge in [-0.05, 0) is 56.1 Å². The van der Waals surface area contributed by atoms with Gasteiger partial charge < -0.3 is 25.2 Å². The van der Waals surface area contributed by atoms with Gasteiger partial charge in [0.2, 0.25) is 5.91 Å². The summed E-state index contributed by atoms with van der Waals surface area (Å²) in [6.07, 6.45) is -0.232. The van der Waals surface area contributed by atoms with E-state index in [0.717, 1.165) is 29.8 Å². The van der Waals surface area contributed by atoms with Crippen LogP contribution in [0.15, 0.2) is 54.6 Å². The zero-order chi connectivity index (χ0) is 22.0. The lowest BCUT2D eigenvalue weighted by atomic mass is 9.83. The zero-order valence-corrected chi connectivity index (χ0v) is 18.1. The fraction of sp³-hybridized carbons (Fsp3) is 0.458. The Morgan fingerprint density at radius 1 is 1.13 bits per heavy atom. The molecule has 7 heteroatoms. The second-order valence-electron chi connectivity index (χ2n) is 8.52. The van der Waals surface area contributed by atoms with Gasteiger partial charge in [-0.25, -0.2) is 0 Å². The lowest BCUT2D eigenvalue weighted by Gasteiger charge is -2.54. The van der Waals surface area contributed by atoms with Crippen molar-refractivity contribution < 1.29 is 19.7 Å². The summed E-state index contributed by atoms with van der Waals surface area (Å²) < 4.78 is 5.17. The molecule has 7 nitrogen and oxygen atoms in total. The third-order valence-electron chi connectivity index (χ3n) is 6.48. The maximum absolute atomic E-state index is 13.3. The van der Waals surface area contributed by atoms with Crippen LogP contribution < -0.4 is 10.1 Å². The number of β-lactam (4-membered cyclic amide) rings is 1. The number of ether oxygens (including phenoxy) is 1. The number of methoxy groups -OCH3 is 1. The van der Waals surface area contributed by atoms with Crippen LogP contribution in [0.3, 0.4) is 0 Å². The van der Waals surface area contributed by atoms with Crippen molar-refractivity contribution in [3.05, 3.63) is 60.2 Å². The molecule has 2 heterocycles. The summed E-state index contributed by atoms with van der Waals surface area (Å²) in [6, 6.07) is 16.6. The summed E-state index contributed by atoms with van der Waals surface area (Å²) in [5.74, 6) is 0.806. The van der Waals surface area contributed by atoms with Crippen LogP contribution in [-0.4, -0.2) is 70.0 Å². The molecule has 4 atom stereocenters. The van der Waals surface area contributed by atoms with E-state index in [4.69, 9.17) is 4.74 Å². The highest BCUT2D eigenvalue weighted by Gasteiger charge is 2.60. The molecule has 2 aromatic rings. The maximum atomic E-state index is 13.3. The van der Waals surface area contributed by atoms with Crippen molar-refractivity contribution in [3.63, 3.8) is 0 Å². The Morgan fingerprint density at radius 3 is 2.45 bits per heavy atom. The van der Waals surface area contributed by atoms with Gasteiger partial charge in [0.05, 0.1) is 19.3 Å². The van der Waals surface area contributed by atoms with Crippen molar-refractivity contribution in [1.29, 1.82) is 0 Å². The molecular formula is C24H31N3O4. The van der Waals surface area contributed by atoms with E-state index >= 15 is 0 Å². The second-order valence-corrected chi connectivity index (χ2v) is 8.52. The normalized spacial score (nSPS) is 24.0. The first-order valence-electron chi connectivity index (χ1n) is 10.8. The molecule has 1 amide bonds. The summed E-state index contributed by atoms with van der Waals surface area (Å²) in [6.45, 7) is 3.53. The molecule has 3 N–H and O–H groups in total. The van der Waals surface area contributed by atoms with Crippen molar-refractivity contribution in [2.45, 2.75) is 50.2 Å². The number of anilines is 1. The minimum absolute atomic E-state index is 0.0798. The van der Waals surface area contributed by atoms with Crippen molar-refractivity contribution in [1.82, 2.24) is 9.80 Å². The Hall–Kier alpha value is -2.61. The first-order chi connectivity index (χ1) is 14.9. The Labute approximate surface area is 183 Å². The molecule has 0 saturated carbocycles. The third-order valence-corrected chi connectivity index (χ3v) is 6.48. The highest BCUT2D eigenvalue weighted by molar-refractivity contribution is 5.93. The van der Waals surface area contributed by atoms with Crippen LogP contribution in [0.5, 0.6) is 5.75 Å². The fourth-order valence-electron chi connectivity index (χ4n) is 4.96. The number of aliphatic hydroxyl groups is 2. The van der Waals surface area contributed by atoms with Crippen LogP contribution >= 0.6 is 0 Å². The Morgan fingerprint density at radius 2 is 1.84 bits per heavy atom. The quantitative estimate of drug-likeness (QED) is 0.443. The smallest absolute Gasteiger partial charge is 0.245 e. The van der Waals surface area contributed by atoms with Crippen molar-refractivity contribution in [2.24, 2.45) is 0 Å². The van der Waals surface area contributed by atoms with Gasteiger partial charge in [-0.3, -0.25) is 9.69 Å². The van der Waals surface area contributed by atoms with Crippen LogP contribution in [0.4, 0.5) is 5.69 Å². The number of hydrogen-bond acceptors (Lipinski definition) is 6. The number of nitrogens with one attached hydrogen (secondary N) is 1. The van der Waals surface area contributed by atoms with Crippen LogP contribution in [0, 0.1) is 0 Å². The highest BCUT2D eigenvalue weighted by Crippen LogP contribution is 2.42. The minimum Gasteiger partial charge on any atom is -0.497 e. The zero-order valence-electron chi connectivity index (χ0n) is 18.1. The van der Waals surface area contributed by atoms with E-state index in [1.807, 2.05) is 52.3 Å². The average molecular weight is 426 g/mol. The number of carbonyl (C=O) groups is 1. The summed E-state index contributed by atoms with van der Waals surface area (Å²) in [5, 5.41) is 24.6. The van der Waals surface area contributed by atoms with E-state index in [1.54, 1.807) is 26.2 Å². The minimum atomic E-state index is -1.03. The van der Waals surface area contributed by atoms with Crippen LogP contribution in [0.1, 0.15) is 25.3 Å². The van der Waals surface area contributed by atoms with Gasteiger partial charge in [0.15, 0.2) is 0 Å². The van der Waals surface area contributed by atoms with Crippen LogP contribution in [-0.2, 0) is 11.3 Å². The first-order valence-corrected chi connectivity index (χ1v) is 10.8. The van der Waals surface area contributed by atoms with Gasteiger partial charge in [0, 0.05) is 18.8 Å². The lowest BCUT2D eigenvalue weighted by molar-refractivity contribution is -0.170. The number of benzene rings is 2. The molecule has 2 aliphatic heterocycles. The molecular weight excluding hydrogens is 394 g/mol. The van der Waals surface area contributed by atoms with Crippen molar-refractivity contribution in [3.8, 4) is 5.75 Å². The van der Waals surface area contributed by atoms with Gasteiger partial charge in [-0.1, -0.05) is 30.3 Å². The Kier molecular flexibility index (Phi) is 6.18. The number of rotatable bonds is 8. The number of likely N-dealkylation sites (tertiary alicyclic amines) is 2. The first kappa shape index (κ1) is 21.6. The molecule has 2 aliphatic rings. The predicted molar refractivity (Wildman–Crippen MR) is 119 cm³/mol. The number of carbonyl (C=O) groups excluding carboxylic acids is 1. The summed E-state index contributed by atoms with van der Waals surface area (Å²) >= 11 is 0. The van der Waals surface area contributed by atoms with Gasteiger partial charge in [-0.15, -0.1) is 0 Å². The summed E-state index contributed by atoms with van der Waals surface area (Å²) in [5.41, 5.74) is 1.18. The third kappa shape index (κ3) is 4.13. The lowest BCUT2D eigenvalue weighted by Crippen LogP contribution is -2.75. The number of nitrogens with zero attached hydrogens (tertiary/aromatic N) is 2. The van der Waals surface area contributed by atoms with E-state index in [-0.39, 0.29) is 5.91 Å². The van der Waals surface area contributed by atoms with E-state index in [1.165, 1.54) is 0 Å². The predicted octanol–water partition coefficient (Wildman–Crippen LogP) is 2.05. The molecule has 1 spiro atoms.